The lowest BCUT2D eigenvalue weighted by atomic mass is 10.1. The van der Waals surface area contributed by atoms with Crippen LogP contribution in [0.5, 0.6) is 0 Å². The third-order valence-corrected chi connectivity index (χ3v) is 6.13. The van der Waals surface area contributed by atoms with Gasteiger partial charge in [0.15, 0.2) is 5.13 Å². The van der Waals surface area contributed by atoms with Crippen molar-refractivity contribution in [1.82, 2.24) is 19.9 Å². The van der Waals surface area contributed by atoms with Crippen LogP contribution in [0.3, 0.4) is 0 Å². The second-order valence-electron chi connectivity index (χ2n) is 7.72. The normalized spacial score (nSPS) is 13.5. The Morgan fingerprint density at radius 2 is 1.90 bits per heavy atom. The van der Waals surface area contributed by atoms with Gasteiger partial charge in [-0.2, -0.15) is 0 Å². The summed E-state index contributed by atoms with van der Waals surface area (Å²) in [6, 6.07) is 4.15. The van der Waals surface area contributed by atoms with Gasteiger partial charge in [0.2, 0.25) is 5.91 Å². The second-order valence-corrected chi connectivity index (χ2v) is 8.80. The Kier molecular flexibility index (Phi) is 6.06. The maximum atomic E-state index is 12.7. The fraction of sp³-hybridized carbons (Fsp3) is 0.318. The zero-order valence-corrected chi connectivity index (χ0v) is 18.5. The van der Waals surface area contributed by atoms with Crippen molar-refractivity contribution >= 4 is 34.0 Å². The molecule has 0 atom stereocenters. The summed E-state index contributed by atoms with van der Waals surface area (Å²) in [6.45, 7) is 7.76. The molecule has 0 unspecified atom stereocenters. The number of hydrogen-bond donors (Lipinski definition) is 2. The summed E-state index contributed by atoms with van der Waals surface area (Å²) in [5, 5.41) is 6.39. The van der Waals surface area contributed by atoms with Gasteiger partial charge in [0.05, 0.1) is 18.4 Å². The van der Waals surface area contributed by atoms with Crippen molar-refractivity contribution in [2.24, 2.45) is 0 Å². The van der Waals surface area contributed by atoms with Crippen LogP contribution in [0, 0.1) is 20.8 Å². The molecule has 0 spiro atoms. The minimum absolute atomic E-state index is 0.0285. The van der Waals surface area contributed by atoms with Gasteiger partial charge in [-0.25, -0.2) is 9.97 Å². The number of nitrogens with zero attached hydrogens (tertiary/aromatic N) is 4. The molecule has 0 fully saturated rings. The number of hydrogen-bond acceptors (Lipinski definition) is 7. The molecule has 1 aromatic carbocycles. The van der Waals surface area contributed by atoms with Crippen molar-refractivity contribution in [3.8, 4) is 0 Å². The Hall–Kier alpha value is -3.17. The molecule has 3 aromatic rings. The first-order chi connectivity index (χ1) is 14.9. The minimum atomic E-state index is -0.334. The van der Waals surface area contributed by atoms with Crippen LogP contribution >= 0.6 is 11.3 Å². The van der Waals surface area contributed by atoms with E-state index in [0.717, 1.165) is 40.4 Å². The molecule has 2 aromatic heterocycles. The Labute approximate surface area is 184 Å². The van der Waals surface area contributed by atoms with E-state index in [-0.39, 0.29) is 17.5 Å². The number of thiazole rings is 1. The van der Waals surface area contributed by atoms with Gasteiger partial charge in [-0.1, -0.05) is 17.7 Å². The third kappa shape index (κ3) is 4.95. The highest BCUT2D eigenvalue weighted by molar-refractivity contribution is 7.15. The molecule has 0 saturated heterocycles. The SMILES string of the molecule is Cc1cc(C)c(NC(=O)CN2CCc3nc(NC(=O)c4cnccn4)sc3C2)c(C)c1. The van der Waals surface area contributed by atoms with Crippen molar-refractivity contribution < 1.29 is 9.59 Å². The van der Waals surface area contributed by atoms with Crippen LogP contribution in [-0.2, 0) is 17.8 Å². The monoisotopic (exact) mass is 436 g/mol. The molecular weight excluding hydrogens is 412 g/mol. The van der Waals surface area contributed by atoms with E-state index in [1.807, 2.05) is 13.8 Å². The number of fused-ring (bicyclic) bond motifs is 1. The molecule has 1 aliphatic rings. The summed E-state index contributed by atoms with van der Waals surface area (Å²) in [7, 11) is 0. The highest BCUT2D eigenvalue weighted by atomic mass is 32.1. The van der Waals surface area contributed by atoms with Crippen LogP contribution in [0.2, 0.25) is 0 Å². The number of rotatable bonds is 5. The maximum absolute atomic E-state index is 12.7. The Morgan fingerprint density at radius 1 is 1.13 bits per heavy atom. The molecule has 4 rings (SSSR count). The third-order valence-electron chi connectivity index (χ3n) is 5.14. The molecular formula is C22H24N6O2S. The van der Waals surface area contributed by atoms with Crippen LogP contribution in [0.15, 0.2) is 30.7 Å². The first-order valence-electron chi connectivity index (χ1n) is 10.0. The first kappa shape index (κ1) is 21.1. The van der Waals surface area contributed by atoms with E-state index < -0.39 is 0 Å². The molecule has 9 heteroatoms. The summed E-state index contributed by atoms with van der Waals surface area (Å²) in [4.78, 5) is 40.5. The van der Waals surface area contributed by atoms with E-state index in [1.54, 1.807) is 0 Å². The van der Waals surface area contributed by atoms with Crippen molar-refractivity contribution in [2.75, 3.05) is 23.7 Å². The van der Waals surface area contributed by atoms with Crippen LogP contribution < -0.4 is 10.6 Å². The maximum Gasteiger partial charge on any atom is 0.277 e. The highest BCUT2D eigenvalue weighted by Gasteiger charge is 2.23. The van der Waals surface area contributed by atoms with Gasteiger partial charge >= 0.3 is 0 Å². The minimum Gasteiger partial charge on any atom is -0.324 e. The van der Waals surface area contributed by atoms with E-state index in [2.05, 4.69) is 49.5 Å². The predicted molar refractivity (Wildman–Crippen MR) is 120 cm³/mol. The van der Waals surface area contributed by atoms with Crippen molar-refractivity contribution in [3.63, 3.8) is 0 Å². The largest absolute Gasteiger partial charge is 0.324 e. The molecule has 2 N–H and O–H groups in total. The molecule has 0 radical (unpaired) electrons. The lowest BCUT2D eigenvalue weighted by Crippen LogP contribution is -2.36. The lowest BCUT2D eigenvalue weighted by molar-refractivity contribution is -0.117. The fourth-order valence-electron chi connectivity index (χ4n) is 3.77. The summed E-state index contributed by atoms with van der Waals surface area (Å²) < 4.78 is 0. The molecule has 0 bridgehead atoms. The van der Waals surface area contributed by atoms with E-state index in [1.165, 1.54) is 35.5 Å². The number of carbonyl (C=O) groups is 2. The van der Waals surface area contributed by atoms with Gasteiger partial charge in [-0.05, 0) is 31.9 Å². The van der Waals surface area contributed by atoms with Gasteiger partial charge in [0.25, 0.3) is 5.91 Å². The fourth-order valence-corrected chi connectivity index (χ4v) is 4.82. The summed E-state index contributed by atoms with van der Waals surface area (Å²) >= 11 is 1.44. The van der Waals surface area contributed by atoms with Crippen LogP contribution in [0.4, 0.5) is 10.8 Å². The molecule has 0 saturated carbocycles. The summed E-state index contributed by atoms with van der Waals surface area (Å²) in [6.07, 6.45) is 5.15. The summed E-state index contributed by atoms with van der Waals surface area (Å²) in [5.74, 6) is -0.363. The summed E-state index contributed by atoms with van der Waals surface area (Å²) in [5.41, 5.74) is 5.43. The van der Waals surface area contributed by atoms with Gasteiger partial charge in [0.1, 0.15) is 5.69 Å². The van der Waals surface area contributed by atoms with E-state index >= 15 is 0 Å². The number of benzene rings is 1. The Balaban J connectivity index is 1.37. The van der Waals surface area contributed by atoms with Crippen molar-refractivity contribution in [1.29, 1.82) is 0 Å². The Morgan fingerprint density at radius 3 is 2.61 bits per heavy atom. The Bertz CT molecular complexity index is 1110. The zero-order chi connectivity index (χ0) is 22.0. The van der Waals surface area contributed by atoms with E-state index in [9.17, 15) is 9.59 Å². The quantitative estimate of drug-likeness (QED) is 0.638. The molecule has 8 nitrogen and oxygen atoms in total. The molecule has 31 heavy (non-hydrogen) atoms. The lowest BCUT2D eigenvalue weighted by Gasteiger charge is -2.25. The van der Waals surface area contributed by atoms with Crippen LogP contribution in [0.25, 0.3) is 0 Å². The number of aryl methyl sites for hydroxylation is 3. The molecule has 160 valence electrons. The highest BCUT2D eigenvalue weighted by Crippen LogP contribution is 2.29. The number of carbonyl (C=O) groups excluding carboxylic acids is 2. The number of aromatic nitrogens is 3. The topological polar surface area (TPSA) is 100 Å². The molecule has 1 aliphatic heterocycles. The standard InChI is InChI=1S/C22H24N6O2S/c1-13-8-14(2)20(15(3)9-13)26-19(29)12-28-7-4-16-18(11-28)31-22(25-16)27-21(30)17-10-23-5-6-24-17/h5-6,8-10H,4,7,11-12H2,1-3H3,(H,26,29)(H,25,27,30). The average molecular weight is 437 g/mol. The number of anilines is 2. The van der Waals surface area contributed by atoms with Crippen LogP contribution in [-0.4, -0.2) is 44.8 Å². The zero-order valence-electron chi connectivity index (χ0n) is 17.7. The molecule has 3 heterocycles. The smallest absolute Gasteiger partial charge is 0.277 e. The number of amides is 2. The van der Waals surface area contributed by atoms with E-state index in [4.69, 9.17) is 0 Å². The number of nitrogens with one attached hydrogen (secondary N) is 2. The van der Waals surface area contributed by atoms with Crippen LogP contribution in [0.1, 0.15) is 37.7 Å². The average Bonchev–Trinajstić information content (AvgIpc) is 3.12. The van der Waals surface area contributed by atoms with Crippen molar-refractivity contribution in [3.05, 3.63) is 63.7 Å². The molecule has 0 aliphatic carbocycles. The second kappa shape index (κ2) is 8.91. The van der Waals surface area contributed by atoms with Crippen molar-refractivity contribution in [2.45, 2.75) is 33.7 Å². The van der Waals surface area contributed by atoms with Gasteiger partial charge in [-0.15, -0.1) is 11.3 Å². The van der Waals surface area contributed by atoms with Gasteiger partial charge in [-0.3, -0.25) is 24.8 Å². The van der Waals surface area contributed by atoms with E-state index in [0.29, 0.717) is 18.2 Å². The van der Waals surface area contributed by atoms with Gasteiger partial charge in [0, 0.05) is 42.5 Å². The predicted octanol–water partition coefficient (Wildman–Crippen LogP) is 3.11. The first-order valence-corrected chi connectivity index (χ1v) is 10.9. The molecule has 2 amide bonds. The van der Waals surface area contributed by atoms with Gasteiger partial charge < -0.3 is 5.32 Å².